The first-order valence-electron chi connectivity index (χ1n) is 7.49. The Kier molecular flexibility index (Phi) is 4.03. The molecule has 2 N–H and O–H groups in total. The number of aliphatic hydroxyl groups is 1. The van der Waals surface area contributed by atoms with Crippen LogP contribution in [0.5, 0.6) is 0 Å². The second kappa shape index (κ2) is 5.94. The summed E-state index contributed by atoms with van der Waals surface area (Å²) in [5.41, 5.74) is 1.38. The summed E-state index contributed by atoms with van der Waals surface area (Å²) >= 11 is 0. The molecule has 1 amide bonds. The van der Waals surface area contributed by atoms with E-state index < -0.39 is 0 Å². The van der Waals surface area contributed by atoms with Crippen LogP contribution in [0.3, 0.4) is 0 Å². The van der Waals surface area contributed by atoms with Crippen LogP contribution >= 0.6 is 0 Å². The van der Waals surface area contributed by atoms with Gasteiger partial charge >= 0.3 is 0 Å². The van der Waals surface area contributed by atoms with Crippen molar-refractivity contribution >= 4 is 5.91 Å². The summed E-state index contributed by atoms with van der Waals surface area (Å²) in [7, 11) is 0. The highest BCUT2D eigenvalue weighted by atomic mass is 16.3. The van der Waals surface area contributed by atoms with E-state index in [1.54, 1.807) is 0 Å². The Bertz CT molecular complexity index is 455. The molecule has 0 aromatic heterocycles. The molecule has 0 bridgehead atoms. The number of carbonyl (C=O) groups excluding carboxylic acids is 1. The molecule has 2 heterocycles. The lowest BCUT2D eigenvalue weighted by Gasteiger charge is -2.33. The lowest BCUT2D eigenvalue weighted by atomic mass is 9.89. The molecule has 2 aliphatic heterocycles. The molecule has 2 atom stereocenters. The minimum Gasteiger partial charge on any atom is -0.392 e. The summed E-state index contributed by atoms with van der Waals surface area (Å²) in [5.74, 6) is 0.732. The molecule has 3 rings (SSSR count). The number of aliphatic hydroxyl groups excluding tert-OH is 1. The van der Waals surface area contributed by atoms with Gasteiger partial charge in [0.2, 0.25) is 5.91 Å². The van der Waals surface area contributed by atoms with Crippen LogP contribution in [0.4, 0.5) is 0 Å². The van der Waals surface area contributed by atoms with Crippen LogP contribution in [0, 0.1) is 0 Å². The van der Waals surface area contributed by atoms with Crippen LogP contribution in [0.2, 0.25) is 0 Å². The number of carbonyl (C=O) groups is 1. The van der Waals surface area contributed by atoms with E-state index in [1.165, 1.54) is 5.56 Å². The fourth-order valence-electron chi connectivity index (χ4n) is 3.28. The van der Waals surface area contributed by atoms with Crippen molar-refractivity contribution in [3.8, 4) is 0 Å². The Morgan fingerprint density at radius 1 is 1.20 bits per heavy atom. The van der Waals surface area contributed by atoms with Gasteiger partial charge in [-0.1, -0.05) is 30.3 Å². The number of nitrogens with zero attached hydrogens (tertiary/aromatic N) is 1. The van der Waals surface area contributed by atoms with Crippen molar-refractivity contribution in [2.45, 2.75) is 37.3 Å². The molecule has 0 aliphatic carbocycles. The van der Waals surface area contributed by atoms with E-state index >= 15 is 0 Å². The number of hydrogen-bond acceptors (Lipinski definition) is 3. The van der Waals surface area contributed by atoms with Crippen molar-refractivity contribution in [3.63, 3.8) is 0 Å². The number of nitrogens with one attached hydrogen (secondary N) is 1. The molecule has 1 aromatic carbocycles. The summed E-state index contributed by atoms with van der Waals surface area (Å²) in [6.45, 7) is 2.19. The normalized spacial score (nSPS) is 27.8. The fraction of sp³-hybridized carbons (Fsp3) is 0.562. The minimum atomic E-state index is -0.370. The Morgan fingerprint density at radius 3 is 2.50 bits per heavy atom. The topological polar surface area (TPSA) is 52.6 Å². The van der Waals surface area contributed by atoms with Gasteiger partial charge in [0, 0.05) is 19.6 Å². The monoisotopic (exact) mass is 274 g/mol. The van der Waals surface area contributed by atoms with Crippen molar-refractivity contribution in [2.75, 3.05) is 19.6 Å². The van der Waals surface area contributed by atoms with Crippen LogP contribution in [-0.2, 0) is 4.79 Å². The van der Waals surface area contributed by atoms with Gasteiger partial charge in [-0.15, -0.1) is 0 Å². The molecule has 0 saturated carbocycles. The van der Waals surface area contributed by atoms with Crippen LogP contribution in [0.25, 0.3) is 0 Å². The van der Waals surface area contributed by atoms with Crippen molar-refractivity contribution in [2.24, 2.45) is 0 Å². The summed E-state index contributed by atoms with van der Waals surface area (Å²) in [4.78, 5) is 14.3. The zero-order valence-electron chi connectivity index (χ0n) is 11.7. The number of benzene rings is 1. The zero-order chi connectivity index (χ0) is 13.9. The summed E-state index contributed by atoms with van der Waals surface area (Å²) in [6, 6.07) is 10.4. The van der Waals surface area contributed by atoms with Gasteiger partial charge in [0.15, 0.2) is 0 Å². The van der Waals surface area contributed by atoms with Gasteiger partial charge in [-0.3, -0.25) is 4.79 Å². The first kappa shape index (κ1) is 13.6. The average molecular weight is 274 g/mol. The van der Waals surface area contributed by atoms with E-state index in [4.69, 9.17) is 0 Å². The number of amides is 1. The largest absolute Gasteiger partial charge is 0.392 e. The van der Waals surface area contributed by atoms with Gasteiger partial charge in [-0.25, -0.2) is 0 Å². The molecule has 2 aliphatic rings. The predicted octanol–water partition coefficient (Wildman–Crippen LogP) is 1.12. The first-order chi connectivity index (χ1) is 9.74. The van der Waals surface area contributed by atoms with Gasteiger partial charge < -0.3 is 15.3 Å². The van der Waals surface area contributed by atoms with Gasteiger partial charge in [0.25, 0.3) is 0 Å². The molecule has 2 fully saturated rings. The molecule has 20 heavy (non-hydrogen) atoms. The highest BCUT2D eigenvalue weighted by Crippen LogP contribution is 2.28. The van der Waals surface area contributed by atoms with Crippen LogP contribution in [-0.4, -0.2) is 47.7 Å². The highest BCUT2D eigenvalue weighted by molar-refractivity contribution is 5.82. The number of likely N-dealkylation sites (tertiary alicyclic amines) is 1. The molecule has 1 aromatic rings. The van der Waals surface area contributed by atoms with E-state index in [-0.39, 0.29) is 18.1 Å². The van der Waals surface area contributed by atoms with Crippen LogP contribution in [0.1, 0.15) is 30.7 Å². The zero-order valence-corrected chi connectivity index (χ0v) is 11.7. The number of piperidine rings is 1. The van der Waals surface area contributed by atoms with Crippen LogP contribution in [0.15, 0.2) is 30.3 Å². The van der Waals surface area contributed by atoms with E-state index in [0.29, 0.717) is 18.9 Å². The summed E-state index contributed by atoms with van der Waals surface area (Å²) in [5, 5.41) is 12.6. The van der Waals surface area contributed by atoms with Gasteiger partial charge in [0.1, 0.15) is 0 Å². The average Bonchev–Trinajstić information content (AvgIpc) is 2.94. The second-order valence-electron chi connectivity index (χ2n) is 5.86. The van der Waals surface area contributed by atoms with Crippen molar-refractivity contribution < 1.29 is 9.90 Å². The highest BCUT2D eigenvalue weighted by Gasteiger charge is 2.33. The second-order valence-corrected chi connectivity index (χ2v) is 5.86. The van der Waals surface area contributed by atoms with E-state index in [1.807, 2.05) is 11.0 Å². The van der Waals surface area contributed by atoms with Crippen molar-refractivity contribution in [3.05, 3.63) is 35.9 Å². The smallest absolute Gasteiger partial charge is 0.239 e. The van der Waals surface area contributed by atoms with Crippen molar-refractivity contribution in [1.29, 1.82) is 0 Å². The molecule has 0 radical (unpaired) electrons. The van der Waals surface area contributed by atoms with Gasteiger partial charge in [0.05, 0.1) is 12.1 Å². The maximum atomic E-state index is 12.3. The standard InChI is InChI=1S/C16H22N2O2/c19-14-10-15(17-11-14)16(20)18-8-6-13(7-9-18)12-4-2-1-3-5-12/h1-5,13-15,17,19H,6-11H2/t14-,15+/m1/s1. The Labute approximate surface area is 119 Å². The first-order valence-corrected chi connectivity index (χ1v) is 7.49. The molecule has 108 valence electrons. The Balaban J connectivity index is 1.55. The third-order valence-electron chi connectivity index (χ3n) is 4.48. The van der Waals surface area contributed by atoms with E-state index in [0.717, 1.165) is 25.9 Å². The Morgan fingerprint density at radius 2 is 1.90 bits per heavy atom. The molecular formula is C16H22N2O2. The van der Waals surface area contributed by atoms with Gasteiger partial charge in [-0.05, 0) is 30.7 Å². The van der Waals surface area contributed by atoms with Gasteiger partial charge in [-0.2, -0.15) is 0 Å². The molecule has 4 nitrogen and oxygen atoms in total. The fourth-order valence-corrected chi connectivity index (χ4v) is 3.28. The molecule has 4 heteroatoms. The number of rotatable bonds is 2. The predicted molar refractivity (Wildman–Crippen MR) is 77.4 cm³/mol. The summed E-state index contributed by atoms with van der Waals surface area (Å²) in [6.07, 6.45) is 2.25. The molecule has 0 spiro atoms. The Hall–Kier alpha value is -1.39. The molecule has 0 unspecified atom stereocenters. The van der Waals surface area contributed by atoms with E-state index in [9.17, 15) is 9.90 Å². The SMILES string of the molecule is O=C([C@@H]1C[C@@H](O)CN1)N1CCC(c2ccccc2)CC1. The molecule has 2 saturated heterocycles. The van der Waals surface area contributed by atoms with Crippen LogP contribution < -0.4 is 5.32 Å². The summed E-state index contributed by atoms with van der Waals surface area (Å²) < 4.78 is 0. The lowest BCUT2D eigenvalue weighted by Crippen LogP contribution is -2.46. The third-order valence-corrected chi connectivity index (χ3v) is 4.48. The number of β-amino-alcohol motifs (C(OH)–C–C–N with tert-alkyl or cyclic N) is 1. The quantitative estimate of drug-likeness (QED) is 0.849. The van der Waals surface area contributed by atoms with E-state index in [2.05, 4.69) is 29.6 Å². The maximum Gasteiger partial charge on any atom is 0.239 e. The third kappa shape index (κ3) is 2.86. The maximum absolute atomic E-state index is 12.3. The molecular weight excluding hydrogens is 252 g/mol. The minimum absolute atomic E-state index is 0.160. The lowest BCUT2D eigenvalue weighted by molar-refractivity contribution is -0.134. The number of hydrogen-bond donors (Lipinski definition) is 2. The van der Waals surface area contributed by atoms with Crippen molar-refractivity contribution in [1.82, 2.24) is 10.2 Å².